The van der Waals surface area contributed by atoms with Gasteiger partial charge in [0.15, 0.2) is 0 Å². The van der Waals surface area contributed by atoms with Gasteiger partial charge in [0.2, 0.25) is 0 Å². The van der Waals surface area contributed by atoms with Crippen LogP contribution in [0.5, 0.6) is 0 Å². The van der Waals surface area contributed by atoms with Gasteiger partial charge in [-0.15, -0.1) is 0 Å². The molecule has 0 radical (unpaired) electrons. The first-order chi connectivity index (χ1) is 9.74. The maximum absolute atomic E-state index is 11.3. The average Bonchev–Trinajstić information content (AvgIpc) is 3.02. The van der Waals surface area contributed by atoms with Crippen molar-refractivity contribution in [1.29, 1.82) is 0 Å². The molecule has 0 spiro atoms. The van der Waals surface area contributed by atoms with Gasteiger partial charge in [0, 0.05) is 12.4 Å². The van der Waals surface area contributed by atoms with Crippen LogP contribution < -0.4 is 0 Å². The summed E-state index contributed by atoms with van der Waals surface area (Å²) in [6.45, 7) is 0. The number of hydrogen-bond acceptors (Lipinski definition) is 2. The predicted octanol–water partition coefficient (Wildman–Crippen LogP) is 3.24. The lowest BCUT2D eigenvalue weighted by Gasteiger charge is -2.08. The van der Waals surface area contributed by atoms with Gasteiger partial charge in [-0.05, 0) is 35.4 Å². The Labute approximate surface area is 115 Å². The van der Waals surface area contributed by atoms with Crippen molar-refractivity contribution in [2.45, 2.75) is 0 Å². The number of carboxylic acids is 1. The molecule has 1 aromatic heterocycles. The molecule has 0 aliphatic carbocycles. The Kier molecular flexibility index (Phi) is 3.05. The number of benzene rings is 2. The number of hydrogen-bond donors (Lipinski definition) is 1. The standard InChI is InChI=1S/C16H12N2O2/c19-16(20)14-9-13(12-5-2-1-3-6-12)10-15(11-14)18-8-4-7-17-18/h1-11H,(H,19,20). The van der Waals surface area contributed by atoms with E-state index in [1.807, 2.05) is 36.4 Å². The molecule has 2 aromatic carbocycles. The van der Waals surface area contributed by atoms with E-state index in [9.17, 15) is 9.90 Å². The van der Waals surface area contributed by atoms with Gasteiger partial charge in [-0.2, -0.15) is 5.10 Å². The van der Waals surface area contributed by atoms with E-state index in [2.05, 4.69) is 5.10 Å². The van der Waals surface area contributed by atoms with Crippen molar-refractivity contribution in [3.05, 3.63) is 72.6 Å². The highest BCUT2D eigenvalue weighted by atomic mass is 16.4. The maximum Gasteiger partial charge on any atom is 0.335 e. The molecule has 0 aliphatic heterocycles. The zero-order valence-corrected chi connectivity index (χ0v) is 10.6. The SMILES string of the molecule is O=C(O)c1cc(-c2ccccc2)cc(-n2cccn2)c1. The molecule has 0 amide bonds. The molecule has 4 heteroatoms. The molecule has 98 valence electrons. The molecule has 0 atom stereocenters. The van der Waals surface area contributed by atoms with Gasteiger partial charge in [-0.25, -0.2) is 9.48 Å². The molecule has 0 aliphatic rings. The van der Waals surface area contributed by atoms with Gasteiger partial charge in [0.1, 0.15) is 0 Å². The van der Waals surface area contributed by atoms with E-state index in [1.54, 1.807) is 35.3 Å². The number of nitrogens with zero attached hydrogens (tertiary/aromatic N) is 2. The van der Waals surface area contributed by atoms with Gasteiger partial charge in [0.25, 0.3) is 0 Å². The third-order valence-corrected chi connectivity index (χ3v) is 3.04. The minimum atomic E-state index is -0.948. The largest absolute Gasteiger partial charge is 0.478 e. The average molecular weight is 264 g/mol. The Balaban J connectivity index is 2.18. The highest BCUT2D eigenvalue weighted by Gasteiger charge is 2.09. The molecule has 0 saturated carbocycles. The van der Waals surface area contributed by atoms with E-state index in [-0.39, 0.29) is 5.56 Å². The summed E-state index contributed by atoms with van der Waals surface area (Å²) < 4.78 is 1.65. The van der Waals surface area contributed by atoms with Crippen molar-refractivity contribution in [1.82, 2.24) is 9.78 Å². The number of carboxylic acid groups (broad SMARTS) is 1. The quantitative estimate of drug-likeness (QED) is 0.790. The van der Waals surface area contributed by atoms with Crippen molar-refractivity contribution in [3.8, 4) is 16.8 Å². The first-order valence-electron chi connectivity index (χ1n) is 6.18. The number of rotatable bonds is 3. The molecule has 0 unspecified atom stereocenters. The van der Waals surface area contributed by atoms with Crippen LogP contribution in [0.3, 0.4) is 0 Å². The van der Waals surface area contributed by atoms with E-state index in [1.165, 1.54) is 0 Å². The second-order valence-electron chi connectivity index (χ2n) is 4.39. The smallest absolute Gasteiger partial charge is 0.335 e. The lowest BCUT2D eigenvalue weighted by atomic mass is 10.0. The Bertz CT molecular complexity index is 734. The Hall–Kier alpha value is -2.88. The van der Waals surface area contributed by atoms with Crippen molar-refractivity contribution in [2.24, 2.45) is 0 Å². The zero-order valence-electron chi connectivity index (χ0n) is 10.6. The summed E-state index contributed by atoms with van der Waals surface area (Å²) in [5.41, 5.74) is 2.81. The predicted molar refractivity (Wildman–Crippen MR) is 76.0 cm³/mol. The van der Waals surface area contributed by atoms with E-state index in [4.69, 9.17) is 0 Å². The van der Waals surface area contributed by atoms with Crippen LogP contribution in [0.2, 0.25) is 0 Å². The summed E-state index contributed by atoms with van der Waals surface area (Å²) in [6, 6.07) is 16.7. The van der Waals surface area contributed by atoms with Crippen LogP contribution in [0.15, 0.2) is 67.0 Å². The fourth-order valence-corrected chi connectivity index (χ4v) is 2.09. The molecular weight excluding hydrogens is 252 g/mol. The Morgan fingerprint density at radius 3 is 2.45 bits per heavy atom. The summed E-state index contributed by atoms with van der Waals surface area (Å²) in [5, 5.41) is 13.4. The van der Waals surface area contributed by atoms with Gasteiger partial charge < -0.3 is 5.11 Å². The topological polar surface area (TPSA) is 55.1 Å². The summed E-state index contributed by atoms with van der Waals surface area (Å²) in [6.07, 6.45) is 3.45. The second kappa shape index (κ2) is 5.01. The van der Waals surface area contributed by atoms with Crippen molar-refractivity contribution in [3.63, 3.8) is 0 Å². The molecule has 3 rings (SSSR count). The highest BCUT2D eigenvalue weighted by molar-refractivity contribution is 5.90. The lowest BCUT2D eigenvalue weighted by molar-refractivity contribution is 0.0697. The number of aromatic carboxylic acids is 1. The van der Waals surface area contributed by atoms with Crippen LogP contribution in [0, 0.1) is 0 Å². The lowest BCUT2D eigenvalue weighted by Crippen LogP contribution is -2.01. The van der Waals surface area contributed by atoms with Gasteiger partial charge >= 0.3 is 5.97 Å². The van der Waals surface area contributed by atoms with Crippen molar-refractivity contribution < 1.29 is 9.90 Å². The Morgan fingerprint density at radius 2 is 1.80 bits per heavy atom. The second-order valence-corrected chi connectivity index (χ2v) is 4.39. The van der Waals surface area contributed by atoms with Gasteiger partial charge in [0.05, 0.1) is 11.3 Å². The fourth-order valence-electron chi connectivity index (χ4n) is 2.09. The molecule has 1 N–H and O–H groups in total. The van der Waals surface area contributed by atoms with E-state index < -0.39 is 5.97 Å². The van der Waals surface area contributed by atoms with Crippen molar-refractivity contribution >= 4 is 5.97 Å². The third-order valence-electron chi connectivity index (χ3n) is 3.04. The van der Waals surface area contributed by atoms with Crippen LogP contribution >= 0.6 is 0 Å². The van der Waals surface area contributed by atoms with Crippen LogP contribution in [0.25, 0.3) is 16.8 Å². The molecular formula is C16H12N2O2. The van der Waals surface area contributed by atoms with Gasteiger partial charge in [-0.3, -0.25) is 0 Å². The first kappa shape index (κ1) is 12.2. The molecule has 3 aromatic rings. The third kappa shape index (κ3) is 2.31. The summed E-state index contributed by atoms with van der Waals surface area (Å²) in [4.78, 5) is 11.3. The number of aromatic nitrogens is 2. The summed E-state index contributed by atoms with van der Waals surface area (Å²) >= 11 is 0. The van der Waals surface area contributed by atoms with Crippen molar-refractivity contribution in [2.75, 3.05) is 0 Å². The van der Waals surface area contributed by atoms with Crippen LogP contribution in [0.4, 0.5) is 0 Å². The summed E-state index contributed by atoms with van der Waals surface area (Å²) in [7, 11) is 0. The van der Waals surface area contributed by atoms with E-state index >= 15 is 0 Å². The molecule has 20 heavy (non-hydrogen) atoms. The molecule has 1 heterocycles. The molecule has 0 saturated heterocycles. The molecule has 4 nitrogen and oxygen atoms in total. The molecule has 0 fully saturated rings. The Morgan fingerprint density at radius 1 is 1.00 bits per heavy atom. The minimum absolute atomic E-state index is 0.247. The fraction of sp³-hybridized carbons (Fsp3) is 0. The normalized spacial score (nSPS) is 10.4. The monoisotopic (exact) mass is 264 g/mol. The zero-order chi connectivity index (χ0) is 13.9. The van der Waals surface area contributed by atoms with Crippen LogP contribution in [0.1, 0.15) is 10.4 Å². The highest BCUT2D eigenvalue weighted by Crippen LogP contribution is 2.24. The number of carbonyl (C=O) groups is 1. The van der Waals surface area contributed by atoms with E-state index in [0.717, 1.165) is 16.8 Å². The van der Waals surface area contributed by atoms with Gasteiger partial charge in [-0.1, -0.05) is 30.3 Å². The van der Waals surface area contributed by atoms with Crippen LogP contribution in [-0.2, 0) is 0 Å². The minimum Gasteiger partial charge on any atom is -0.478 e. The first-order valence-corrected chi connectivity index (χ1v) is 6.18. The van der Waals surface area contributed by atoms with E-state index in [0.29, 0.717) is 0 Å². The molecule has 0 bridgehead atoms. The van der Waals surface area contributed by atoms with Crippen LogP contribution in [-0.4, -0.2) is 20.9 Å². The summed E-state index contributed by atoms with van der Waals surface area (Å²) in [5.74, 6) is -0.948. The maximum atomic E-state index is 11.3.